The standard InChI is InChI=1S/C16H12FN3O4/c1-10(24-15-5-3-2-4-11(15)9-18)16(21)19-12-6-7-13(17)14(8-12)20(22)23/h2-8,10H,1H3,(H,19,21)/t10-/m1/s1. The van der Waals surface area contributed by atoms with E-state index in [4.69, 9.17) is 10.00 Å². The first kappa shape index (κ1) is 16.9. The number of anilines is 1. The molecule has 8 heteroatoms. The number of hydrogen-bond acceptors (Lipinski definition) is 5. The highest BCUT2D eigenvalue weighted by Gasteiger charge is 2.19. The van der Waals surface area contributed by atoms with Crippen LogP contribution in [-0.2, 0) is 4.79 Å². The highest BCUT2D eigenvalue weighted by molar-refractivity contribution is 5.94. The normalized spacial score (nSPS) is 11.2. The quantitative estimate of drug-likeness (QED) is 0.670. The van der Waals surface area contributed by atoms with E-state index in [1.54, 1.807) is 24.3 Å². The van der Waals surface area contributed by atoms with E-state index in [-0.39, 0.29) is 17.0 Å². The molecule has 2 rings (SSSR count). The van der Waals surface area contributed by atoms with Gasteiger partial charge >= 0.3 is 5.69 Å². The van der Waals surface area contributed by atoms with Crippen molar-refractivity contribution >= 4 is 17.3 Å². The molecule has 1 N–H and O–H groups in total. The molecule has 0 bridgehead atoms. The number of hydrogen-bond donors (Lipinski definition) is 1. The number of carbonyl (C=O) groups excluding carboxylic acids is 1. The minimum atomic E-state index is -0.995. The average Bonchev–Trinajstić information content (AvgIpc) is 2.56. The fourth-order valence-corrected chi connectivity index (χ4v) is 1.88. The van der Waals surface area contributed by atoms with Crippen LogP contribution in [0.25, 0.3) is 0 Å². The lowest BCUT2D eigenvalue weighted by atomic mass is 10.2. The number of para-hydroxylation sites is 1. The predicted octanol–water partition coefficient (Wildman–Crippen LogP) is 3.01. The number of nitrogens with one attached hydrogen (secondary N) is 1. The van der Waals surface area contributed by atoms with Crippen LogP contribution in [0.15, 0.2) is 42.5 Å². The smallest absolute Gasteiger partial charge is 0.306 e. The topological polar surface area (TPSA) is 105 Å². The first-order valence-electron chi connectivity index (χ1n) is 6.83. The summed E-state index contributed by atoms with van der Waals surface area (Å²) in [4.78, 5) is 21.9. The van der Waals surface area contributed by atoms with Crippen molar-refractivity contribution in [1.82, 2.24) is 0 Å². The van der Waals surface area contributed by atoms with Crippen LogP contribution in [0.3, 0.4) is 0 Å². The number of nitro benzene ring substituents is 1. The Bertz CT molecular complexity index is 832. The number of nitriles is 1. The van der Waals surface area contributed by atoms with Crippen molar-refractivity contribution < 1.29 is 18.8 Å². The van der Waals surface area contributed by atoms with Crippen LogP contribution in [-0.4, -0.2) is 16.9 Å². The van der Waals surface area contributed by atoms with Crippen molar-refractivity contribution in [3.05, 3.63) is 64.0 Å². The molecule has 0 heterocycles. The molecule has 0 aromatic heterocycles. The molecule has 7 nitrogen and oxygen atoms in total. The SMILES string of the molecule is C[C@@H](Oc1ccccc1C#N)C(=O)Nc1ccc(F)c([N+](=O)[O-])c1. The number of halogens is 1. The van der Waals surface area contributed by atoms with E-state index in [1.165, 1.54) is 13.0 Å². The number of amides is 1. The molecule has 0 fully saturated rings. The lowest BCUT2D eigenvalue weighted by molar-refractivity contribution is -0.387. The molecule has 0 saturated heterocycles. The van der Waals surface area contributed by atoms with Gasteiger partial charge in [-0.3, -0.25) is 14.9 Å². The first-order chi connectivity index (χ1) is 11.4. The minimum Gasteiger partial charge on any atom is -0.480 e. The van der Waals surface area contributed by atoms with Crippen molar-refractivity contribution in [3.63, 3.8) is 0 Å². The molecular weight excluding hydrogens is 317 g/mol. The van der Waals surface area contributed by atoms with Gasteiger partial charge in [0.2, 0.25) is 5.82 Å². The second kappa shape index (κ2) is 7.19. The van der Waals surface area contributed by atoms with Gasteiger partial charge in [0.15, 0.2) is 6.10 Å². The van der Waals surface area contributed by atoms with Gasteiger partial charge in [-0.1, -0.05) is 12.1 Å². The molecule has 0 aliphatic rings. The zero-order valence-corrected chi connectivity index (χ0v) is 12.5. The van der Waals surface area contributed by atoms with E-state index in [2.05, 4.69) is 5.32 Å². The number of benzene rings is 2. The van der Waals surface area contributed by atoms with Gasteiger partial charge in [-0.05, 0) is 31.2 Å². The lowest BCUT2D eigenvalue weighted by Gasteiger charge is -2.15. The summed E-state index contributed by atoms with van der Waals surface area (Å²) in [6, 6.07) is 11.4. The molecule has 0 spiro atoms. The van der Waals surface area contributed by atoms with Crippen LogP contribution in [0, 0.1) is 27.3 Å². The molecule has 0 saturated carbocycles. The van der Waals surface area contributed by atoms with Gasteiger partial charge in [0, 0.05) is 11.8 Å². The number of ether oxygens (including phenoxy) is 1. The molecule has 2 aromatic rings. The zero-order chi connectivity index (χ0) is 17.7. The Morgan fingerprint density at radius 1 is 1.38 bits per heavy atom. The molecule has 2 aromatic carbocycles. The maximum absolute atomic E-state index is 13.3. The largest absolute Gasteiger partial charge is 0.480 e. The second-order valence-electron chi connectivity index (χ2n) is 4.78. The van der Waals surface area contributed by atoms with Gasteiger partial charge in [-0.2, -0.15) is 9.65 Å². The highest BCUT2D eigenvalue weighted by Crippen LogP contribution is 2.22. The molecule has 0 aliphatic heterocycles. The third-order valence-corrected chi connectivity index (χ3v) is 3.09. The van der Waals surface area contributed by atoms with Gasteiger partial charge in [0.05, 0.1) is 10.5 Å². The fourth-order valence-electron chi connectivity index (χ4n) is 1.88. The van der Waals surface area contributed by atoms with Gasteiger partial charge in [0.1, 0.15) is 11.8 Å². The number of nitro groups is 1. The molecule has 122 valence electrons. The molecular formula is C16H12FN3O4. The summed E-state index contributed by atoms with van der Waals surface area (Å²) in [6.45, 7) is 1.46. The summed E-state index contributed by atoms with van der Waals surface area (Å²) in [5, 5.41) is 22.1. The summed E-state index contributed by atoms with van der Waals surface area (Å²) >= 11 is 0. The van der Waals surface area contributed by atoms with Crippen LogP contribution in [0.1, 0.15) is 12.5 Å². The fraction of sp³-hybridized carbons (Fsp3) is 0.125. The van der Waals surface area contributed by atoms with E-state index in [0.29, 0.717) is 0 Å². The third kappa shape index (κ3) is 3.84. The maximum atomic E-state index is 13.3. The monoisotopic (exact) mass is 329 g/mol. The van der Waals surface area contributed by atoms with Gasteiger partial charge in [0.25, 0.3) is 5.91 Å². The summed E-state index contributed by atoms with van der Waals surface area (Å²) < 4.78 is 18.7. The van der Waals surface area contributed by atoms with Crippen molar-refractivity contribution in [2.75, 3.05) is 5.32 Å². The minimum absolute atomic E-state index is 0.0668. The van der Waals surface area contributed by atoms with Crippen molar-refractivity contribution in [3.8, 4) is 11.8 Å². The van der Waals surface area contributed by atoms with E-state index < -0.39 is 28.4 Å². The van der Waals surface area contributed by atoms with Crippen LogP contribution in [0.2, 0.25) is 0 Å². The lowest BCUT2D eigenvalue weighted by Crippen LogP contribution is -2.30. The maximum Gasteiger partial charge on any atom is 0.306 e. The molecule has 0 radical (unpaired) electrons. The van der Waals surface area contributed by atoms with E-state index >= 15 is 0 Å². The molecule has 0 aliphatic carbocycles. The number of nitrogens with zero attached hydrogens (tertiary/aromatic N) is 2. The zero-order valence-electron chi connectivity index (χ0n) is 12.5. The summed E-state index contributed by atoms with van der Waals surface area (Å²) in [5.74, 6) is -1.35. The molecule has 24 heavy (non-hydrogen) atoms. The Labute approximate surface area is 136 Å². The number of carbonyl (C=O) groups is 1. The Balaban J connectivity index is 2.11. The molecule has 1 atom stereocenters. The first-order valence-corrected chi connectivity index (χ1v) is 6.83. The third-order valence-electron chi connectivity index (χ3n) is 3.09. The van der Waals surface area contributed by atoms with E-state index in [1.807, 2.05) is 6.07 Å². The van der Waals surface area contributed by atoms with Gasteiger partial charge < -0.3 is 10.1 Å². The van der Waals surface area contributed by atoms with Crippen molar-refractivity contribution in [2.24, 2.45) is 0 Å². The number of rotatable bonds is 5. The summed E-state index contributed by atoms with van der Waals surface area (Å²) in [6.07, 6.45) is -0.969. The Morgan fingerprint density at radius 3 is 2.75 bits per heavy atom. The molecule has 0 unspecified atom stereocenters. The van der Waals surface area contributed by atoms with Crippen molar-refractivity contribution in [2.45, 2.75) is 13.0 Å². The Morgan fingerprint density at radius 2 is 2.08 bits per heavy atom. The highest BCUT2D eigenvalue weighted by atomic mass is 19.1. The summed E-state index contributed by atoms with van der Waals surface area (Å²) in [5.41, 5.74) is -0.400. The average molecular weight is 329 g/mol. The Kier molecular flexibility index (Phi) is 5.06. The van der Waals surface area contributed by atoms with Crippen LogP contribution < -0.4 is 10.1 Å². The molecule has 1 amide bonds. The van der Waals surface area contributed by atoms with Crippen LogP contribution >= 0.6 is 0 Å². The van der Waals surface area contributed by atoms with Gasteiger partial charge in [-0.15, -0.1) is 0 Å². The van der Waals surface area contributed by atoms with Crippen molar-refractivity contribution in [1.29, 1.82) is 5.26 Å². The van der Waals surface area contributed by atoms with E-state index in [0.717, 1.165) is 12.1 Å². The summed E-state index contributed by atoms with van der Waals surface area (Å²) in [7, 11) is 0. The van der Waals surface area contributed by atoms with Gasteiger partial charge in [-0.25, -0.2) is 0 Å². The Hall–Kier alpha value is -3.47. The van der Waals surface area contributed by atoms with Crippen LogP contribution in [0.5, 0.6) is 5.75 Å². The van der Waals surface area contributed by atoms with E-state index in [9.17, 15) is 19.3 Å². The predicted molar refractivity (Wildman–Crippen MR) is 82.9 cm³/mol. The second-order valence-corrected chi connectivity index (χ2v) is 4.78. The van der Waals surface area contributed by atoms with Crippen LogP contribution in [0.4, 0.5) is 15.8 Å².